The molecule has 17 heavy (non-hydrogen) atoms. The third-order valence-corrected chi connectivity index (χ3v) is 1.87. The summed E-state index contributed by atoms with van der Waals surface area (Å²) in [5.41, 5.74) is -0.747. The molecular formula is C10H12F3N3O. The molecule has 0 spiro atoms. The van der Waals surface area contributed by atoms with Crippen molar-refractivity contribution < 1.29 is 18.0 Å². The predicted molar refractivity (Wildman–Crippen MR) is 56.4 cm³/mol. The zero-order valence-electron chi connectivity index (χ0n) is 9.14. The molecule has 0 fully saturated rings. The average Bonchev–Trinajstić information content (AvgIpc) is 2.26. The Morgan fingerprint density at radius 3 is 2.59 bits per heavy atom. The van der Waals surface area contributed by atoms with Gasteiger partial charge in [-0.1, -0.05) is 6.92 Å². The normalized spacial score (nSPS) is 11.3. The minimum Gasteiger partial charge on any atom is -0.324 e. The Bertz CT molecular complexity index is 375. The van der Waals surface area contributed by atoms with Crippen LogP contribution in [-0.4, -0.2) is 24.0 Å². The highest BCUT2D eigenvalue weighted by Crippen LogP contribution is 2.27. The van der Waals surface area contributed by atoms with Gasteiger partial charge in [-0.2, -0.15) is 13.2 Å². The third kappa shape index (κ3) is 4.39. The molecule has 7 heteroatoms. The first-order chi connectivity index (χ1) is 7.93. The number of halogens is 3. The molecule has 1 rings (SSSR count). The summed E-state index contributed by atoms with van der Waals surface area (Å²) in [5.74, 6) is -0.326. The number of nitrogens with zero attached hydrogens (tertiary/aromatic N) is 1. The first kappa shape index (κ1) is 13.4. The molecule has 0 saturated carbocycles. The summed E-state index contributed by atoms with van der Waals surface area (Å²) < 4.78 is 36.6. The van der Waals surface area contributed by atoms with E-state index >= 15 is 0 Å². The van der Waals surface area contributed by atoms with E-state index in [0.29, 0.717) is 6.54 Å². The van der Waals surface area contributed by atoms with E-state index in [-0.39, 0.29) is 18.1 Å². The van der Waals surface area contributed by atoms with Gasteiger partial charge in [0.25, 0.3) is 0 Å². The van der Waals surface area contributed by atoms with Crippen LogP contribution in [-0.2, 0) is 11.0 Å². The number of carbonyl (C=O) groups is 1. The molecule has 0 radical (unpaired) electrons. The molecule has 1 aromatic rings. The number of hydrogen-bond donors (Lipinski definition) is 2. The van der Waals surface area contributed by atoms with Crippen molar-refractivity contribution in [3.63, 3.8) is 0 Å². The number of likely N-dealkylation sites (N-methyl/N-ethyl adjacent to an activating group) is 1. The maximum atomic E-state index is 12.2. The lowest BCUT2D eigenvalue weighted by atomic mass is 10.3. The summed E-state index contributed by atoms with van der Waals surface area (Å²) >= 11 is 0. The summed E-state index contributed by atoms with van der Waals surface area (Å²) in [5, 5.41) is 5.22. The highest BCUT2D eigenvalue weighted by atomic mass is 19.4. The van der Waals surface area contributed by atoms with Gasteiger partial charge in [0.15, 0.2) is 0 Å². The van der Waals surface area contributed by atoms with Gasteiger partial charge in [0.05, 0.1) is 18.4 Å². The van der Waals surface area contributed by atoms with Gasteiger partial charge in [0.1, 0.15) is 5.69 Å². The number of amides is 1. The maximum absolute atomic E-state index is 12.2. The van der Waals surface area contributed by atoms with Crippen molar-refractivity contribution in [3.8, 4) is 0 Å². The van der Waals surface area contributed by atoms with Gasteiger partial charge in [-0.05, 0) is 18.7 Å². The molecule has 1 amide bonds. The lowest BCUT2D eigenvalue weighted by Crippen LogP contribution is -2.27. The monoisotopic (exact) mass is 247 g/mol. The molecule has 1 aromatic heterocycles. The zero-order chi connectivity index (χ0) is 12.9. The minimum atomic E-state index is -4.47. The largest absolute Gasteiger partial charge is 0.433 e. The van der Waals surface area contributed by atoms with Crippen molar-refractivity contribution in [1.29, 1.82) is 0 Å². The fraction of sp³-hybridized carbons (Fsp3) is 0.400. The number of alkyl halides is 3. The van der Waals surface area contributed by atoms with Gasteiger partial charge in [-0.25, -0.2) is 4.98 Å². The van der Waals surface area contributed by atoms with E-state index in [1.165, 1.54) is 6.07 Å². The summed E-state index contributed by atoms with van der Waals surface area (Å²) in [6.07, 6.45) is -3.49. The van der Waals surface area contributed by atoms with Crippen LogP contribution in [0.4, 0.5) is 18.9 Å². The first-order valence-corrected chi connectivity index (χ1v) is 4.97. The molecule has 2 N–H and O–H groups in total. The van der Waals surface area contributed by atoms with E-state index in [4.69, 9.17) is 0 Å². The molecule has 0 bridgehead atoms. The Morgan fingerprint density at radius 1 is 1.41 bits per heavy atom. The molecule has 0 aliphatic rings. The standard InChI is InChI=1S/C10H12F3N3O/c1-2-14-6-9(17)16-7-3-4-8(15-5-7)10(11,12)13/h3-5,14H,2,6H2,1H3,(H,16,17). The fourth-order valence-electron chi connectivity index (χ4n) is 1.08. The Kier molecular flexibility index (Phi) is 4.45. The van der Waals surface area contributed by atoms with E-state index < -0.39 is 11.9 Å². The maximum Gasteiger partial charge on any atom is 0.433 e. The van der Waals surface area contributed by atoms with Gasteiger partial charge in [0, 0.05) is 0 Å². The van der Waals surface area contributed by atoms with Gasteiger partial charge in [-0.3, -0.25) is 4.79 Å². The SMILES string of the molecule is CCNCC(=O)Nc1ccc(C(F)(F)F)nc1. The van der Waals surface area contributed by atoms with Crippen LogP contribution in [0.5, 0.6) is 0 Å². The molecule has 1 heterocycles. The van der Waals surface area contributed by atoms with E-state index in [0.717, 1.165) is 12.3 Å². The molecular weight excluding hydrogens is 235 g/mol. The van der Waals surface area contributed by atoms with Crippen LogP contribution in [0.25, 0.3) is 0 Å². The van der Waals surface area contributed by atoms with Crippen LogP contribution < -0.4 is 10.6 Å². The molecule has 0 aliphatic heterocycles. The quantitative estimate of drug-likeness (QED) is 0.850. The topological polar surface area (TPSA) is 54.0 Å². The van der Waals surface area contributed by atoms with Crippen LogP contribution in [0, 0.1) is 0 Å². The molecule has 4 nitrogen and oxygen atoms in total. The van der Waals surface area contributed by atoms with Gasteiger partial charge in [0.2, 0.25) is 5.91 Å². The van der Waals surface area contributed by atoms with Crippen molar-refractivity contribution in [1.82, 2.24) is 10.3 Å². The van der Waals surface area contributed by atoms with Gasteiger partial charge in [-0.15, -0.1) is 0 Å². The number of aromatic nitrogens is 1. The lowest BCUT2D eigenvalue weighted by Gasteiger charge is -2.08. The average molecular weight is 247 g/mol. The van der Waals surface area contributed by atoms with Crippen LogP contribution in [0.15, 0.2) is 18.3 Å². The Hall–Kier alpha value is -1.63. The summed E-state index contributed by atoms with van der Waals surface area (Å²) in [4.78, 5) is 14.5. The Balaban J connectivity index is 2.60. The second kappa shape index (κ2) is 5.62. The first-order valence-electron chi connectivity index (χ1n) is 4.97. The van der Waals surface area contributed by atoms with E-state index in [1.54, 1.807) is 0 Å². The summed E-state index contributed by atoms with van der Waals surface area (Å²) in [6.45, 7) is 2.59. The van der Waals surface area contributed by atoms with Crippen LogP contribution in [0.2, 0.25) is 0 Å². The van der Waals surface area contributed by atoms with Gasteiger partial charge >= 0.3 is 6.18 Å². The molecule has 0 atom stereocenters. The highest BCUT2D eigenvalue weighted by Gasteiger charge is 2.32. The predicted octanol–water partition coefficient (Wildman–Crippen LogP) is 1.65. The van der Waals surface area contributed by atoms with Crippen LogP contribution >= 0.6 is 0 Å². The number of anilines is 1. The molecule has 94 valence electrons. The second-order valence-corrected chi connectivity index (χ2v) is 3.26. The van der Waals surface area contributed by atoms with E-state index in [1.807, 2.05) is 6.92 Å². The van der Waals surface area contributed by atoms with Crippen molar-refractivity contribution in [2.45, 2.75) is 13.1 Å². The number of nitrogens with one attached hydrogen (secondary N) is 2. The molecule has 0 unspecified atom stereocenters. The number of pyridine rings is 1. The van der Waals surface area contributed by atoms with Crippen molar-refractivity contribution in [3.05, 3.63) is 24.0 Å². The Morgan fingerprint density at radius 2 is 2.12 bits per heavy atom. The minimum absolute atomic E-state index is 0.109. The Labute approximate surface area is 96.2 Å². The molecule has 0 aliphatic carbocycles. The highest BCUT2D eigenvalue weighted by molar-refractivity contribution is 5.92. The van der Waals surface area contributed by atoms with Crippen LogP contribution in [0.3, 0.4) is 0 Å². The van der Waals surface area contributed by atoms with Gasteiger partial charge < -0.3 is 10.6 Å². The lowest BCUT2D eigenvalue weighted by molar-refractivity contribution is -0.141. The second-order valence-electron chi connectivity index (χ2n) is 3.26. The zero-order valence-corrected chi connectivity index (χ0v) is 9.14. The summed E-state index contributed by atoms with van der Waals surface area (Å²) in [7, 11) is 0. The smallest absolute Gasteiger partial charge is 0.324 e. The molecule has 0 saturated heterocycles. The fourth-order valence-corrected chi connectivity index (χ4v) is 1.08. The van der Waals surface area contributed by atoms with E-state index in [2.05, 4.69) is 15.6 Å². The number of hydrogen-bond acceptors (Lipinski definition) is 3. The van der Waals surface area contributed by atoms with Crippen molar-refractivity contribution in [2.24, 2.45) is 0 Å². The van der Waals surface area contributed by atoms with Crippen molar-refractivity contribution >= 4 is 11.6 Å². The van der Waals surface area contributed by atoms with Crippen molar-refractivity contribution in [2.75, 3.05) is 18.4 Å². The number of rotatable bonds is 4. The number of carbonyl (C=O) groups excluding carboxylic acids is 1. The summed E-state index contributed by atoms with van der Waals surface area (Å²) in [6, 6.07) is 1.99. The van der Waals surface area contributed by atoms with E-state index in [9.17, 15) is 18.0 Å². The molecule has 0 aromatic carbocycles. The van der Waals surface area contributed by atoms with Crippen LogP contribution in [0.1, 0.15) is 12.6 Å². The third-order valence-electron chi connectivity index (χ3n) is 1.87.